The molecular weight excluding hydrogens is 444 g/mol. The average Bonchev–Trinajstić information content (AvgIpc) is 3.35. The topological polar surface area (TPSA) is 103 Å². The normalized spacial score (nSPS) is 14.6. The first-order valence-corrected chi connectivity index (χ1v) is 11.1. The van der Waals surface area contributed by atoms with E-state index in [1.807, 2.05) is 73.7 Å². The van der Waals surface area contributed by atoms with Gasteiger partial charge in [0.2, 0.25) is 5.95 Å². The predicted molar refractivity (Wildman–Crippen MR) is 131 cm³/mol. The molecule has 0 saturated heterocycles. The standard InChI is InChI=1S/C26H24N6O3/c1-17-23(25(33)28-21-13-6-7-14-22(21)34-2)24(32-26(27-17)29-30-31-32)19-11-8-12-20(15-19)35-16-18-9-4-3-5-10-18/h3-15,24H,16H2,1-2H3,(H,28,33)(H,27,29,31). The summed E-state index contributed by atoms with van der Waals surface area (Å²) in [6, 6.07) is 24.3. The molecule has 35 heavy (non-hydrogen) atoms. The van der Waals surface area contributed by atoms with Crippen LogP contribution in [0, 0.1) is 0 Å². The molecule has 0 bridgehead atoms. The zero-order valence-corrected chi connectivity index (χ0v) is 19.3. The summed E-state index contributed by atoms with van der Waals surface area (Å²) in [4.78, 5) is 13.6. The smallest absolute Gasteiger partial charge is 0.255 e. The molecule has 4 aromatic rings. The molecule has 2 N–H and O–H groups in total. The van der Waals surface area contributed by atoms with Crippen LogP contribution in [0.3, 0.4) is 0 Å². The van der Waals surface area contributed by atoms with E-state index >= 15 is 0 Å². The fourth-order valence-electron chi connectivity index (χ4n) is 4.07. The zero-order chi connectivity index (χ0) is 24.2. The fourth-order valence-corrected chi connectivity index (χ4v) is 4.07. The summed E-state index contributed by atoms with van der Waals surface area (Å²) >= 11 is 0. The minimum atomic E-state index is -0.559. The van der Waals surface area contributed by atoms with Gasteiger partial charge in [0.1, 0.15) is 24.1 Å². The molecule has 1 aliphatic heterocycles. The molecule has 5 rings (SSSR count). The molecule has 0 aliphatic carbocycles. The van der Waals surface area contributed by atoms with Gasteiger partial charge in [-0.2, -0.15) is 4.68 Å². The maximum atomic E-state index is 13.6. The number of fused-ring (bicyclic) bond motifs is 1. The highest BCUT2D eigenvalue weighted by Crippen LogP contribution is 2.36. The third kappa shape index (κ3) is 4.56. The monoisotopic (exact) mass is 468 g/mol. The second-order valence-electron chi connectivity index (χ2n) is 8.01. The van der Waals surface area contributed by atoms with Gasteiger partial charge in [-0.1, -0.05) is 59.7 Å². The number of anilines is 2. The predicted octanol–water partition coefficient (Wildman–Crippen LogP) is 4.19. The summed E-state index contributed by atoms with van der Waals surface area (Å²) in [5.41, 5.74) is 3.59. The lowest BCUT2D eigenvalue weighted by Gasteiger charge is -2.28. The van der Waals surface area contributed by atoms with Crippen LogP contribution in [-0.4, -0.2) is 33.2 Å². The summed E-state index contributed by atoms with van der Waals surface area (Å²) in [5.74, 6) is 1.42. The number of aromatic nitrogens is 4. The number of para-hydroxylation sites is 2. The van der Waals surface area contributed by atoms with Gasteiger partial charge in [0.25, 0.3) is 5.91 Å². The largest absolute Gasteiger partial charge is 0.495 e. The number of benzene rings is 3. The first-order chi connectivity index (χ1) is 17.1. The third-order valence-electron chi connectivity index (χ3n) is 5.74. The van der Waals surface area contributed by atoms with Crippen LogP contribution in [0.2, 0.25) is 0 Å². The van der Waals surface area contributed by atoms with E-state index in [4.69, 9.17) is 9.47 Å². The molecule has 176 valence electrons. The second kappa shape index (κ2) is 9.68. The number of hydrogen-bond acceptors (Lipinski definition) is 7. The molecule has 0 radical (unpaired) electrons. The number of rotatable bonds is 7. The first-order valence-electron chi connectivity index (χ1n) is 11.1. The van der Waals surface area contributed by atoms with Crippen molar-refractivity contribution in [3.05, 3.63) is 101 Å². The summed E-state index contributed by atoms with van der Waals surface area (Å²) in [7, 11) is 1.56. The van der Waals surface area contributed by atoms with Crippen molar-refractivity contribution in [3.63, 3.8) is 0 Å². The van der Waals surface area contributed by atoms with Gasteiger partial charge in [0.15, 0.2) is 0 Å². The number of ether oxygens (including phenoxy) is 2. The first kappa shape index (κ1) is 22.1. The molecule has 1 amide bonds. The second-order valence-corrected chi connectivity index (χ2v) is 8.01. The lowest BCUT2D eigenvalue weighted by Crippen LogP contribution is -2.31. The highest BCUT2D eigenvalue weighted by atomic mass is 16.5. The molecule has 0 fully saturated rings. The van der Waals surface area contributed by atoms with Gasteiger partial charge in [0, 0.05) is 5.70 Å². The zero-order valence-electron chi connectivity index (χ0n) is 19.3. The highest BCUT2D eigenvalue weighted by molar-refractivity contribution is 6.06. The van der Waals surface area contributed by atoms with Crippen LogP contribution in [0.5, 0.6) is 11.5 Å². The SMILES string of the molecule is COc1ccccc1NC(=O)C1=C(C)Nc2nnnn2C1c1cccc(OCc2ccccc2)c1. The molecule has 1 aromatic heterocycles. The van der Waals surface area contributed by atoms with Crippen molar-refractivity contribution in [1.82, 2.24) is 20.2 Å². The number of methoxy groups -OCH3 is 1. The molecule has 1 unspecified atom stereocenters. The van der Waals surface area contributed by atoms with Crippen LogP contribution in [0.4, 0.5) is 11.6 Å². The molecular formula is C26H24N6O3. The van der Waals surface area contributed by atoms with Crippen molar-refractivity contribution in [2.24, 2.45) is 0 Å². The summed E-state index contributed by atoms with van der Waals surface area (Å²) in [6.45, 7) is 2.26. The molecule has 0 spiro atoms. The highest BCUT2D eigenvalue weighted by Gasteiger charge is 2.34. The van der Waals surface area contributed by atoms with Gasteiger partial charge < -0.3 is 20.1 Å². The molecule has 2 heterocycles. The van der Waals surface area contributed by atoms with Crippen LogP contribution in [0.15, 0.2) is 90.1 Å². The molecule has 9 nitrogen and oxygen atoms in total. The van der Waals surface area contributed by atoms with Crippen LogP contribution >= 0.6 is 0 Å². The van der Waals surface area contributed by atoms with E-state index in [1.165, 1.54) is 0 Å². The number of carbonyl (C=O) groups excluding carboxylic acids is 1. The third-order valence-corrected chi connectivity index (χ3v) is 5.74. The van der Waals surface area contributed by atoms with E-state index in [0.717, 1.165) is 11.1 Å². The number of nitrogens with one attached hydrogen (secondary N) is 2. The van der Waals surface area contributed by atoms with Crippen molar-refractivity contribution >= 4 is 17.5 Å². The fraction of sp³-hybridized carbons (Fsp3) is 0.154. The molecule has 3 aromatic carbocycles. The minimum absolute atomic E-state index is 0.291. The number of nitrogens with zero attached hydrogens (tertiary/aromatic N) is 4. The van der Waals surface area contributed by atoms with E-state index in [1.54, 1.807) is 23.9 Å². The van der Waals surface area contributed by atoms with Crippen molar-refractivity contribution < 1.29 is 14.3 Å². The van der Waals surface area contributed by atoms with Gasteiger partial charge in [-0.15, -0.1) is 0 Å². The average molecular weight is 469 g/mol. The van der Waals surface area contributed by atoms with Crippen molar-refractivity contribution in [2.75, 3.05) is 17.7 Å². The van der Waals surface area contributed by atoms with Gasteiger partial charge in [0.05, 0.1) is 18.4 Å². The van der Waals surface area contributed by atoms with Crippen LogP contribution < -0.4 is 20.1 Å². The lowest BCUT2D eigenvalue weighted by molar-refractivity contribution is -0.113. The van der Waals surface area contributed by atoms with Gasteiger partial charge in [-0.25, -0.2) is 0 Å². The van der Waals surface area contributed by atoms with Crippen molar-refractivity contribution in [1.29, 1.82) is 0 Å². The van der Waals surface area contributed by atoms with E-state index in [2.05, 4.69) is 26.2 Å². The molecule has 1 atom stereocenters. The summed E-state index contributed by atoms with van der Waals surface area (Å²) < 4.78 is 13.0. The Morgan fingerprint density at radius 3 is 2.69 bits per heavy atom. The Morgan fingerprint density at radius 1 is 1.06 bits per heavy atom. The van der Waals surface area contributed by atoms with Crippen molar-refractivity contribution in [2.45, 2.75) is 19.6 Å². The van der Waals surface area contributed by atoms with Crippen molar-refractivity contribution in [3.8, 4) is 11.5 Å². The van der Waals surface area contributed by atoms with Crippen LogP contribution in [0.1, 0.15) is 24.1 Å². The number of hydrogen-bond donors (Lipinski definition) is 2. The van der Waals surface area contributed by atoms with E-state index < -0.39 is 6.04 Å². The molecule has 0 saturated carbocycles. The molecule has 9 heteroatoms. The molecule has 1 aliphatic rings. The Kier molecular flexibility index (Phi) is 6.13. The number of amides is 1. The Labute approximate surface area is 202 Å². The Hall–Kier alpha value is -4.66. The summed E-state index contributed by atoms with van der Waals surface area (Å²) in [6.07, 6.45) is 0. The van der Waals surface area contributed by atoms with Gasteiger partial charge in [-0.3, -0.25) is 4.79 Å². The maximum absolute atomic E-state index is 13.6. The van der Waals surface area contributed by atoms with E-state index in [9.17, 15) is 4.79 Å². The van der Waals surface area contributed by atoms with Crippen LogP contribution in [-0.2, 0) is 11.4 Å². The Bertz CT molecular complexity index is 1380. The number of allylic oxidation sites excluding steroid dienone is 1. The minimum Gasteiger partial charge on any atom is -0.495 e. The number of carbonyl (C=O) groups is 1. The summed E-state index contributed by atoms with van der Waals surface area (Å²) in [5, 5.41) is 18.1. The lowest BCUT2D eigenvalue weighted by atomic mass is 9.94. The van der Waals surface area contributed by atoms with E-state index in [0.29, 0.717) is 41.0 Å². The Balaban J connectivity index is 1.48. The van der Waals surface area contributed by atoms with Gasteiger partial charge in [-0.05, 0) is 52.7 Å². The maximum Gasteiger partial charge on any atom is 0.255 e. The van der Waals surface area contributed by atoms with Gasteiger partial charge >= 0.3 is 0 Å². The van der Waals surface area contributed by atoms with E-state index in [-0.39, 0.29) is 5.91 Å². The van der Waals surface area contributed by atoms with Crippen LogP contribution in [0.25, 0.3) is 0 Å². The Morgan fingerprint density at radius 2 is 1.86 bits per heavy atom. The number of tetrazole rings is 1. The quantitative estimate of drug-likeness (QED) is 0.419.